The zero-order valence-corrected chi connectivity index (χ0v) is 16.4. The second-order valence-electron chi connectivity index (χ2n) is 7.60. The molecule has 1 amide bonds. The first-order chi connectivity index (χ1) is 13.6. The average Bonchev–Trinajstić information content (AvgIpc) is 3.22. The molecule has 0 spiro atoms. The molecule has 0 aliphatic heterocycles. The number of nitrogens with one attached hydrogen (secondary N) is 1. The van der Waals surface area contributed by atoms with Crippen molar-refractivity contribution >= 4 is 5.91 Å². The number of rotatable bonds is 4. The maximum absolute atomic E-state index is 13.0. The smallest absolute Gasteiger partial charge is 0.252 e. The van der Waals surface area contributed by atoms with Gasteiger partial charge in [0.05, 0.1) is 5.69 Å². The second-order valence-corrected chi connectivity index (χ2v) is 7.60. The zero-order chi connectivity index (χ0) is 19.6. The number of carbonyl (C=O) groups excluding carboxylic acids is 1. The maximum atomic E-state index is 13.0. The van der Waals surface area contributed by atoms with Crippen molar-refractivity contribution < 1.29 is 4.79 Å². The number of aromatic nitrogens is 4. The molecule has 6 nitrogen and oxygen atoms in total. The predicted molar refractivity (Wildman–Crippen MR) is 107 cm³/mol. The molecule has 0 unspecified atom stereocenters. The molecule has 1 aliphatic rings. The van der Waals surface area contributed by atoms with E-state index in [1.165, 1.54) is 5.56 Å². The van der Waals surface area contributed by atoms with Crippen LogP contribution in [0.5, 0.6) is 0 Å². The molecule has 6 heteroatoms. The van der Waals surface area contributed by atoms with E-state index in [1.807, 2.05) is 42.5 Å². The summed E-state index contributed by atoms with van der Waals surface area (Å²) in [6.07, 6.45) is 4.89. The molecule has 1 aromatic heterocycles. The topological polar surface area (TPSA) is 72.7 Å². The largest absolute Gasteiger partial charge is 0.339 e. The molecular formula is C22H25N5O. The predicted octanol–water partition coefficient (Wildman–Crippen LogP) is 3.87. The van der Waals surface area contributed by atoms with Gasteiger partial charge in [-0.25, -0.2) is 0 Å². The van der Waals surface area contributed by atoms with E-state index in [1.54, 1.807) is 4.68 Å². The van der Waals surface area contributed by atoms with E-state index in [4.69, 9.17) is 0 Å². The SMILES string of the molecule is Cc1cccc(-n2nnnc2C2(NC(=O)c3ccccc3)CCCCC2)c1C. The van der Waals surface area contributed by atoms with Gasteiger partial charge in [0.25, 0.3) is 5.91 Å². The van der Waals surface area contributed by atoms with Crippen LogP contribution in [0.25, 0.3) is 5.69 Å². The lowest BCUT2D eigenvalue weighted by atomic mass is 9.80. The summed E-state index contributed by atoms with van der Waals surface area (Å²) in [5, 5.41) is 16.0. The number of tetrazole rings is 1. The number of hydrogen-bond donors (Lipinski definition) is 1. The van der Waals surface area contributed by atoms with Crippen molar-refractivity contribution in [2.24, 2.45) is 0 Å². The number of carbonyl (C=O) groups is 1. The molecule has 0 atom stereocenters. The van der Waals surface area contributed by atoms with Crippen LogP contribution in [-0.4, -0.2) is 26.1 Å². The normalized spacial score (nSPS) is 15.9. The van der Waals surface area contributed by atoms with E-state index in [0.29, 0.717) is 11.4 Å². The highest BCUT2D eigenvalue weighted by Crippen LogP contribution is 2.37. The zero-order valence-electron chi connectivity index (χ0n) is 16.4. The van der Waals surface area contributed by atoms with Crippen LogP contribution in [0.2, 0.25) is 0 Å². The fourth-order valence-electron chi connectivity index (χ4n) is 4.05. The monoisotopic (exact) mass is 375 g/mol. The minimum absolute atomic E-state index is 0.0852. The second kappa shape index (κ2) is 7.54. The van der Waals surface area contributed by atoms with Crippen LogP contribution in [0, 0.1) is 13.8 Å². The third-order valence-corrected chi connectivity index (χ3v) is 5.80. The van der Waals surface area contributed by atoms with Crippen LogP contribution in [-0.2, 0) is 5.54 Å². The van der Waals surface area contributed by atoms with E-state index < -0.39 is 5.54 Å². The van der Waals surface area contributed by atoms with E-state index in [0.717, 1.165) is 43.4 Å². The minimum atomic E-state index is -0.565. The van der Waals surface area contributed by atoms with Crippen LogP contribution < -0.4 is 5.32 Å². The third-order valence-electron chi connectivity index (χ3n) is 5.80. The van der Waals surface area contributed by atoms with E-state index in [2.05, 4.69) is 40.8 Å². The van der Waals surface area contributed by atoms with Gasteiger partial charge in [-0.3, -0.25) is 4.79 Å². The highest BCUT2D eigenvalue weighted by atomic mass is 16.1. The van der Waals surface area contributed by atoms with E-state index in [9.17, 15) is 4.79 Å². The molecule has 1 saturated carbocycles. The third kappa shape index (κ3) is 3.30. The molecule has 0 radical (unpaired) electrons. The Hall–Kier alpha value is -3.02. The van der Waals surface area contributed by atoms with E-state index >= 15 is 0 Å². The van der Waals surface area contributed by atoms with Crippen molar-refractivity contribution in [1.29, 1.82) is 0 Å². The average molecular weight is 375 g/mol. The lowest BCUT2D eigenvalue weighted by Gasteiger charge is -2.37. The van der Waals surface area contributed by atoms with Crippen molar-refractivity contribution in [1.82, 2.24) is 25.5 Å². The van der Waals surface area contributed by atoms with Crippen LogP contribution in [0.3, 0.4) is 0 Å². The molecule has 1 fully saturated rings. The molecule has 28 heavy (non-hydrogen) atoms. The van der Waals surface area contributed by atoms with Crippen molar-refractivity contribution in [3.8, 4) is 5.69 Å². The molecule has 144 valence electrons. The Kier molecular flexibility index (Phi) is 4.94. The lowest BCUT2D eigenvalue weighted by molar-refractivity contribution is 0.0855. The summed E-state index contributed by atoms with van der Waals surface area (Å²) in [6, 6.07) is 15.5. The maximum Gasteiger partial charge on any atom is 0.252 e. The molecule has 1 heterocycles. The van der Waals surface area contributed by atoms with Gasteiger partial charge in [0.15, 0.2) is 5.82 Å². The summed E-state index contributed by atoms with van der Waals surface area (Å²) in [7, 11) is 0. The van der Waals surface area contributed by atoms with Crippen molar-refractivity contribution in [3.63, 3.8) is 0 Å². The number of benzene rings is 2. The van der Waals surface area contributed by atoms with Gasteiger partial charge in [0.1, 0.15) is 5.54 Å². The van der Waals surface area contributed by atoms with Gasteiger partial charge in [-0.1, -0.05) is 49.6 Å². The Labute approximate surface area is 165 Å². The quantitative estimate of drug-likeness (QED) is 0.751. The molecule has 1 N–H and O–H groups in total. The Morgan fingerprint density at radius 3 is 2.50 bits per heavy atom. The standard InChI is InChI=1S/C22H25N5O/c1-16-10-9-13-19(17(16)2)27-21(24-25-26-27)22(14-7-4-8-15-22)23-20(28)18-11-5-3-6-12-18/h3,5-6,9-13H,4,7-8,14-15H2,1-2H3,(H,23,28). The molecule has 3 aromatic rings. The summed E-state index contributed by atoms with van der Waals surface area (Å²) < 4.78 is 1.80. The Bertz CT molecular complexity index is 974. The molecule has 2 aromatic carbocycles. The summed E-state index contributed by atoms with van der Waals surface area (Å²) in [4.78, 5) is 13.0. The lowest BCUT2D eigenvalue weighted by Crippen LogP contribution is -2.49. The van der Waals surface area contributed by atoms with E-state index in [-0.39, 0.29) is 5.91 Å². The van der Waals surface area contributed by atoms with Crippen LogP contribution in [0.1, 0.15) is 59.4 Å². The van der Waals surface area contributed by atoms with Crippen LogP contribution in [0.4, 0.5) is 0 Å². The molecule has 0 bridgehead atoms. The summed E-state index contributed by atoms with van der Waals surface area (Å²) in [6.45, 7) is 4.16. The Morgan fingerprint density at radius 1 is 1.00 bits per heavy atom. The first-order valence-electron chi connectivity index (χ1n) is 9.84. The fourth-order valence-corrected chi connectivity index (χ4v) is 4.05. The number of hydrogen-bond acceptors (Lipinski definition) is 4. The van der Waals surface area contributed by atoms with Gasteiger partial charge in [-0.05, 0) is 66.4 Å². The first kappa shape index (κ1) is 18.3. The molecule has 0 saturated heterocycles. The van der Waals surface area contributed by atoms with Crippen LogP contribution >= 0.6 is 0 Å². The van der Waals surface area contributed by atoms with Gasteiger partial charge >= 0.3 is 0 Å². The fraction of sp³-hybridized carbons (Fsp3) is 0.364. The van der Waals surface area contributed by atoms with Gasteiger partial charge in [-0.15, -0.1) is 5.10 Å². The van der Waals surface area contributed by atoms with Gasteiger partial charge in [-0.2, -0.15) is 4.68 Å². The van der Waals surface area contributed by atoms with Crippen LogP contribution in [0.15, 0.2) is 48.5 Å². The highest BCUT2D eigenvalue weighted by Gasteiger charge is 2.41. The Morgan fingerprint density at radius 2 is 1.75 bits per heavy atom. The number of amides is 1. The summed E-state index contributed by atoms with van der Waals surface area (Å²) >= 11 is 0. The van der Waals surface area contributed by atoms with Gasteiger partial charge in [0, 0.05) is 5.56 Å². The minimum Gasteiger partial charge on any atom is -0.339 e. The van der Waals surface area contributed by atoms with Gasteiger partial charge in [0.2, 0.25) is 0 Å². The van der Waals surface area contributed by atoms with Crippen molar-refractivity contribution in [2.75, 3.05) is 0 Å². The molecular weight excluding hydrogens is 350 g/mol. The molecule has 4 rings (SSSR count). The first-order valence-corrected chi connectivity index (χ1v) is 9.84. The summed E-state index contributed by atoms with van der Waals surface area (Å²) in [5.41, 5.74) is 3.36. The van der Waals surface area contributed by atoms with Crippen molar-refractivity contribution in [3.05, 3.63) is 71.0 Å². The molecule has 1 aliphatic carbocycles. The highest BCUT2D eigenvalue weighted by molar-refractivity contribution is 5.94. The Balaban J connectivity index is 1.76. The van der Waals surface area contributed by atoms with Crippen molar-refractivity contribution in [2.45, 2.75) is 51.5 Å². The summed E-state index contributed by atoms with van der Waals surface area (Å²) in [5.74, 6) is 0.628. The van der Waals surface area contributed by atoms with Gasteiger partial charge < -0.3 is 5.32 Å². The number of aryl methyl sites for hydroxylation is 1. The number of nitrogens with zero attached hydrogens (tertiary/aromatic N) is 4.